The van der Waals surface area contributed by atoms with Crippen molar-refractivity contribution in [2.24, 2.45) is 0 Å². The summed E-state index contributed by atoms with van der Waals surface area (Å²) >= 11 is 0. The molecule has 6 heteroatoms. The van der Waals surface area contributed by atoms with E-state index in [0.29, 0.717) is 31.6 Å². The molecule has 0 unspecified atom stereocenters. The first-order chi connectivity index (χ1) is 11.0. The Morgan fingerprint density at radius 3 is 2.70 bits per heavy atom. The van der Waals surface area contributed by atoms with E-state index < -0.39 is 11.5 Å². The summed E-state index contributed by atoms with van der Waals surface area (Å²) in [5.41, 5.74) is 0.847. The van der Waals surface area contributed by atoms with Crippen molar-refractivity contribution in [3.05, 3.63) is 35.6 Å². The number of nitrogens with one attached hydrogen (secondary N) is 1. The van der Waals surface area contributed by atoms with Gasteiger partial charge in [-0.15, -0.1) is 0 Å². The lowest BCUT2D eigenvalue weighted by atomic mass is 9.86. The number of benzene rings is 1. The van der Waals surface area contributed by atoms with Crippen molar-refractivity contribution in [3.8, 4) is 0 Å². The largest absolute Gasteiger partial charge is 0.481 e. The van der Waals surface area contributed by atoms with Gasteiger partial charge in [-0.3, -0.25) is 9.59 Å². The fraction of sp³-hybridized carbons (Fsp3) is 0.412. The lowest BCUT2D eigenvalue weighted by molar-refractivity contribution is -0.139. The van der Waals surface area contributed by atoms with Crippen molar-refractivity contribution in [1.82, 2.24) is 5.32 Å². The monoisotopic (exact) mass is 317 g/mol. The molecule has 1 aromatic heterocycles. The van der Waals surface area contributed by atoms with Gasteiger partial charge in [0.05, 0.1) is 12.0 Å². The van der Waals surface area contributed by atoms with Crippen LogP contribution in [0.3, 0.4) is 0 Å². The fourth-order valence-electron chi connectivity index (χ4n) is 3.02. The molecule has 0 aliphatic carbocycles. The van der Waals surface area contributed by atoms with Crippen LogP contribution in [-0.4, -0.2) is 35.7 Å². The second kappa shape index (κ2) is 6.04. The predicted octanol–water partition coefficient (Wildman–Crippen LogP) is 2.49. The average molecular weight is 317 g/mol. The third kappa shape index (κ3) is 3.22. The van der Waals surface area contributed by atoms with E-state index in [9.17, 15) is 9.59 Å². The van der Waals surface area contributed by atoms with E-state index in [1.165, 1.54) is 0 Å². The van der Waals surface area contributed by atoms with Crippen LogP contribution in [0.2, 0.25) is 0 Å². The topological polar surface area (TPSA) is 88.8 Å². The van der Waals surface area contributed by atoms with Gasteiger partial charge in [-0.05, 0) is 31.4 Å². The number of carboxylic acid groups (broad SMARTS) is 1. The molecule has 0 bridgehead atoms. The lowest BCUT2D eigenvalue weighted by Gasteiger charge is -2.36. The maximum Gasteiger partial charge on any atom is 0.305 e. The standard InChI is InChI=1S/C17H19NO5/c1-11-3-2-4-12-9-13(23-15(11)12)16(21)18-17(10-14(19)20)5-7-22-8-6-17/h2-4,9H,5-8,10H2,1H3,(H,18,21)(H,19,20). The van der Waals surface area contributed by atoms with Crippen LogP contribution >= 0.6 is 0 Å². The molecule has 122 valence electrons. The molecule has 3 rings (SSSR count). The van der Waals surface area contributed by atoms with Crippen molar-refractivity contribution in [1.29, 1.82) is 0 Å². The van der Waals surface area contributed by atoms with Crippen molar-refractivity contribution >= 4 is 22.8 Å². The number of rotatable bonds is 4. The highest BCUT2D eigenvalue weighted by atomic mass is 16.5. The molecule has 0 saturated carbocycles. The van der Waals surface area contributed by atoms with Gasteiger partial charge in [0.25, 0.3) is 5.91 Å². The smallest absolute Gasteiger partial charge is 0.305 e. The molecule has 1 fully saturated rings. The summed E-state index contributed by atoms with van der Waals surface area (Å²) in [5.74, 6) is -1.12. The van der Waals surface area contributed by atoms with Crippen molar-refractivity contribution < 1.29 is 23.8 Å². The summed E-state index contributed by atoms with van der Waals surface area (Å²) in [6.07, 6.45) is 0.829. The van der Waals surface area contributed by atoms with E-state index in [0.717, 1.165) is 10.9 Å². The number of para-hydroxylation sites is 1. The fourth-order valence-corrected chi connectivity index (χ4v) is 3.02. The molecule has 1 saturated heterocycles. The molecule has 2 aromatic rings. The first kappa shape index (κ1) is 15.6. The molecule has 1 amide bonds. The molecule has 0 radical (unpaired) electrons. The number of furan rings is 1. The Morgan fingerprint density at radius 2 is 2.04 bits per heavy atom. The van der Waals surface area contributed by atoms with E-state index in [-0.39, 0.29) is 18.1 Å². The molecular formula is C17H19NO5. The number of hydrogen-bond acceptors (Lipinski definition) is 4. The van der Waals surface area contributed by atoms with Crippen LogP contribution in [0.25, 0.3) is 11.0 Å². The summed E-state index contributed by atoms with van der Waals surface area (Å²) in [6, 6.07) is 7.38. The van der Waals surface area contributed by atoms with Crippen molar-refractivity contribution in [2.45, 2.75) is 31.7 Å². The molecule has 0 atom stereocenters. The maximum atomic E-state index is 12.5. The number of hydrogen-bond donors (Lipinski definition) is 2. The lowest BCUT2D eigenvalue weighted by Crippen LogP contribution is -2.53. The molecule has 23 heavy (non-hydrogen) atoms. The summed E-state index contributed by atoms with van der Waals surface area (Å²) < 4.78 is 11.0. The number of carbonyl (C=O) groups is 2. The van der Waals surface area contributed by atoms with E-state index >= 15 is 0 Å². The van der Waals surface area contributed by atoms with Crippen molar-refractivity contribution in [2.75, 3.05) is 13.2 Å². The van der Waals surface area contributed by atoms with Gasteiger partial charge in [0.15, 0.2) is 5.76 Å². The number of ether oxygens (including phenoxy) is 1. The Bertz CT molecular complexity index is 743. The summed E-state index contributed by atoms with van der Waals surface area (Å²) in [5, 5.41) is 12.9. The van der Waals surface area contributed by atoms with Crippen LogP contribution in [-0.2, 0) is 9.53 Å². The Balaban J connectivity index is 1.85. The third-order valence-electron chi connectivity index (χ3n) is 4.28. The molecule has 1 aromatic carbocycles. The van der Waals surface area contributed by atoms with Gasteiger partial charge in [0.2, 0.25) is 0 Å². The summed E-state index contributed by atoms with van der Waals surface area (Å²) in [7, 11) is 0. The van der Waals surface area contributed by atoms with Crippen LogP contribution < -0.4 is 5.32 Å². The Morgan fingerprint density at radius 1 is 1.30 bits per heavy atom. The van der Waals surface area contributed by atoms with Gasteiger partial charge < -0.3 is 19.6 Å². The molecule has 1 aliphatic rings. The van der Waals surface area contributed by atoms with Gasteiger partial charge in [-0.1, -0.05) is 18.2 Å². The predicted molar refractivity (Wildman–Crippen MR) is 83.5 cm³/mol. The zero-order valence-corrected chi connectivity index (χ0v) is 12.9. The Kier molecular flexibility index (Phi) is 4.09. The number of amides is 1. The van der Waals surface area contributed by atoms with Gasteiger partial charge in [0, 0.05) is 18.6 Å². The van der Waals surface area contributed by atoms with Crippen molar-refractivity contribution in [3.63, 3.8) is 0 Å². The van der Waals surface area contributed by atoms with Crippen LogP contribution in [0.1, 0.15) is 35.4 Å². The highest BCUT2D eigenvalue weighted by Crippen LogP contribution is 2.27. The number of aliphatic carboxylic acids is 1. The minimum absolute atomic E-state index is 0.124. The molecule has 2 N–H and O–H groups in total. The SMILES string of the molecule is Cc1cccc2cc(C(=O)NC3(CC(=O)O)CCOCC3)oc12. The van der Waals surface area contributed by atoms with Gasteiger partial charge >= 0.3 is 5.97 Å². The molecule has 2 heterocycles. The Hall–Kier alpha value is -2.34. The highest BCUT2D eigenvalue weighted by Gasteiger charge is 2.37. The van der Waals surface area contributed by atoms with E-state index in [4.69, 9.17) is 14.3 Å². The van der Waals surface area contributed by atoms with Gasteiger partial charge in [-0.25, -0.2) is 0 Å². The van der Waals surface area contributed by atoms with E-state index in [2.05, 4.69) is 5.32 Å². The number of aryl methyl sites for hydroxylation is 1. The summed E-state index contributed by atoms with van der Waals surface area (Å²) in [6.45, 7) is 2.79. The first-order valence-electron chi connectivity index (χ1n) is 7.60. The zero-order chi connectivity index (χ0) is 16.4. The van der Waals surface area contributed by atoms with Crippen LogP contribution in [0.5, 0.6) is 0 Å². The van der Waals surface area contributed by atoms with Crippen LogP contribution in [0, 0.1) is 6.92 Å². The average Bonchev–Trinajstić information content (AvgIpc) is 2.93. The minimum atomic E-state index is -0.937. The maximum absolute atomic E-state index is 12.5. The minimum Gasteiger partial charge on any atom is -0.481 e. The summed E-state index contributed by atoms with van der Waals surface area (Å²) in [4.78, 5) is 23.7. The zero-order valence-electron chi connectivity index (χ0n) is 12.9. The van der Waals surface area contributed by atoms with Gasteiger partial charge in [0.1, 0.15) is 5.58 Å². The molecule has 6 nitrogen and oxygen atoms in total. The molecule has 0 spiro atoms. The third-order valence-corrected chi connectivity index (χ3v) is 4.28. The quantitative estimate of drug-likeness (QED) is 0.904. The van der Waals surface area contributed by atoms with E-state index in [1.54, 1.807) is 6.07 Å². The number of carboxylic acids is 1. The second-order valence-corrected chi connectivity index (χ2v) is 6.02. The van der Waals surface area contributed by atoms with E-state index in [1.807, 2.05) is 25.1 Å². The first-order valence-corrected chi connectivity index (χ1v) is 7.60. The second-order valence-electron chi connectivity index (χ2n) is 6.02. The number of fused-ring (bicyclic) bond motifs is 1. The van der Waals surface area contributed by atoms with Crippen LogP contribution in [0.15, 0.2) is 28.7 Å². The number of carbonyl (C=O) groups excluding carboxylic acids is 1. The highest BCUT2D eigenvalue weighted by molar-refractivity contribution is 5.97. The molecular weight excluding hydrogens is 298 g/mol. The normalized spacial score (nSPS) is 17.1. The van der Waals surface area contributed by atoms with Crippen LogP contribution in [0.4, 0.5) is 0 Å². The molecule has 1 aliphatic heterocycles. The Labute approximate surface area is 133 Å². The van der Waals surface area contributed by atoms with Gasteiger partial charge in [-0.2, -0.15) is 0 Å².